The Morgan fingerprint density at radius 3 is 2.57 bits per heavy atom. The van der Waals surface area contributed by atoms with Gasteiger partial charge in [-0.15, -0.1) is 12.4 Å². The van der Waals surface area contributed by atoms with Crippen LogP contribution >= 0.6 is 12.4 Å². The van der Waals surface area contributed by atoms with Gasteiger partial charge in [0.15, 0.2) is 0 Å². The average Bonchev–Trinajstić information content (AvgIpc) is 2.54. The molecule has 1 aliphatic heterocycles. The molecule has 0 bridgehead atoms. The number of rotatable bonds is 4. The highest BCUT2D eigenvalue weighted by Crippen LogP contribution is 2.17. The fourth-order valence-corrected chi connectivity index (χ4v) is 2.29. The van der Waals surface area contributed by atoms with Crippen LogP contribution in [0, 0.1) is 5.82 Å². The molecule has 0 aromatic heterocycles. The first-order valence-electron chi connectivity index (χ1n) is 7.10. The number of nitrogens with one attached hydrogen (secondary N) is 1. The Hall–Kier alpha value is -1.86. The van der Waals surface area contributed by atoms with E-state index in [4.69, 9.17) is 4.74 Å². The zero-order valence-electron chi connectivity index (χ0n) is 13.2. The first kappa shape index (κ1) is 19.2. The van der Waals surface area contributed by atoms with Crippen LogP contribution in [0.1, 0.15) is 10.4 Å². The molecule has 1 N–H and O–H groups in total. The van der Waals surface area contributed by atoms with Gasteiger partial charge in [0.25, 0.3) is 5.91 Å². The van der Waals surface area contributed by atoms with E-state index in [0.717, 1.165) is 19.2 Å². The summed E-state index contributed by atoms with van der Waals surface area (Å²) in [5, 5.41) is 3.15. The van der Waals surface area contributed by atoms with E-state index in [0.29, 0.717) is 18.8 Å². The lowest BCUT2D eigenvalue weighted by Gasteiger charge is -2.29. The number of methoxy groups -OCH3 is 1. The van der Waals surface area contributed by atoms with Gasteiger partial charge in [-0.2, -0.15) is 0 Å². The molecule has 128 valence electrons. The molecule has 0 unspecified atom stereocenters. The van der Waals surface area contributed by atoms with Crippen LogP contribution in [0.25, 0.3) is 0 Å². The molecular weight excluding hydrogens is 325 g/mol. The molecule has 23 heavy (non-hydrogen) atoms. The lowest BCUT2D eigenvalue weighted by Crippen LogP contribution is -2.49. The molecule has 6 nitrogen and oxygen atoms in total. The fourth-order valence-electron chi connectivity index (χ4n) is 2.29. The van der Waals surface area contributed by atoms with Crippen molar-refractivity contribution in [3.8, 4) is 5.75 Å². The molecule has 0 spiro atoms. The summed E-state index contributed by atoms with van der Waals surface area (Å²) in [5.74, 6) is -0.977. The summed E-state index contributed by atoms with van der Waals surface area (Å²) in [4.78, 5) is 27.3. The molecule has 2 rings (SSSR count). The van der Waals surface area contributed by atoms with Crippen molar-refractivity contribution in [2.75, 3.05) is 46.9 Å². The molecule has 1 saturated heterocycles. The molecule has 0 radical (unpaired) electrons. The van der Waals surface area contributed by atoms with Gasteiger partial charge in [0, 0.05) is 39.3 Å². The Morgan fingerprint density at radius 2 is 2.00 bits per heavy atom. The van der Waals surface area contributed by atoms with Crippen LogP contribution in [0.15, 0.2) is 18.2 Å². The van der Waals surface area contributed by atoms with Gasteiger partial charge in [-0.1, -0.05) is 0 Å². The predicted molar refractivity (Wildman–Crippen MR) is 86.6 cm³/mol. The SMILES string of the molecule is COc1ccc(C(=O)N(C)CC(=O)N2CCNCC2)c(F)c1.Cl. The van der Waals surface area contributed by atoms with E-state index in [9.17, 15) is 14.0 Å². The maximum absolute atomic E-state index is 13.9. The lowest BCUT2D eigenvalue weighted by atomic mass is 10.1. The molecule has 0 aliphatic carbocycles. The minimum absolute atomic E-state index is 0. The van der Waals surface area contributed by atoms with Crippen LogP contribution in [0.2, 0.25) is 0 Å². The van der Waals surface area contributed by atoms with E-state index >= 15 is 0 Å². The number of halogens is 2. The van der Waals surface area contributed by atoms with Crippen molar-refractivity contribution >= 4 is 24.2 Å². The van der Waals surface area contributed by atoms with Gasteiger partial charge in [0.05, 0.1) is 19.2 Å². The molecule has 1 aliphatic rings. The van der Waals surface area contributed by atoms with E-state index in [2.05, 4.69) is 5.32 Å². The summed E-state index contributed by atoms with van der Waals surface area (Å²) in [6.07, 6.45) is 0. The first-order valence-corrected chi connectivity index (χ1v) is 7.10. The Kier molecular flexibility index (Phi) is 7.25. The van der Waals surface area contributed by atoms with Crippen LogP contribution in [0.4, 0.5) is 4.39 Å². The van der Waals surface area contributed by atoms with Crippen molar-refractivity contribution < 1.29 is 18.7 Å². The minimum Gasteiger partial charge on any atom is -0.497 e. The Bertz CT molecular complexity index is 565. The average molecular weight is 346 g/mol. The molecule has 8 heteroatoms. The number of ether oxygens (including phenoxy) is 1. The van der Waals surface area contributed by atoms with E-state index in [1.165, 1.54) is 31.2 Å². The number of hydrogen-bond acceptors (Lipinski definition) is 4. The summed E-state index contributed by atoms with van der Waals surface area (Å²) < 4.78 is 18.8. The number of likely N-dealkylation sites (N-methyl/N-ethyl adjacent to an activating group) is 1. The second-order valence-electron chi connectivity index (χ2n) is 5.14. The number of carbonyl (C=O) groups is 2. The van der Waals surface area contributed by atoms with Crippen molar-refractivity contribution in [1.29, 1.82) is 0 Å². The van der Waals surface area contributed by atoms with Gasteiger partial charge in [-0.3, -0.25) is 9.59 Å². The number of benzene rings is 1. The van der Waals surface area contributed by atoms with Crippen LogP contribution in [0.3, 0.4) is 0 Å². The van der Waals surface area contributed by atoms with E-state index in [1.807, 2.05) is 0 Å². The lowest BCUT2D eigenvalue weighted by molar-refractivity contribution is -0.132. The van der Waals surface area contributed by atoms with Crippen LogP contribution < -0.4 is 10.1 Å². The smallest absolute Gasteiger partial charge is 0.257 e. The molecule has 1 fully saturated rings. The molecule has 1 heterocycles. The third-order valence-electron chi connectivity index (χ3n) is 3.60. The van der Waals surface area contributed by atoms with Gasteiger partial charge in [-0.25, -0.2) is 4.39 Å². The summed E-state index contributed by atoms with van der Waals surface area (Å²) in [6, 6.07) is 4.03. The Balaban J connectivity index is 0.00000264. The number of nitrogens with zero attached hydrogens (tertiary/aromatic N) is 2. The van der Waals surface area contributed by atoms with Crippen molar-refractivity contribution in [1.82, 2.24) is 15.1 Å². The fraction of sp³-hybridized carbons (Fsp3) is 0.467. The van der Waals surface area contributed by atoms with Crippen LogP contribution in [-0.4, -0.2) is 68.5 Å². The summed E-state index contributed by atoms with van der Waals surface area (Å²) in [5.41, 5.74) is -0.0728. The van der Waals surface area contributed by atoms with Crippen molar-refractivity contribution in [2.24, 2.45) is 0 Å². The number of piperazine rings is 1. The highest BCUT2D eigenvalue weighted by atomic mass is 35.5. The molecule has 0 atom stereocenters. The number of amides is 2. The van der Waals surface area contributed by atoms with Crippen molar-refractivity contribution in [3.63, 3.8) is 0 Å². The quantitative estimate of drug-likeness (QED) is 0.875. The topological polar surface area (TPSA) is 61.9 Å². The van der Waals surface area contributed by atoms with E-state index < -0.39 is 11.7 Å². The van der Waals surface area contributed by atoms with Gasteiger partial charge in [-0.05, 0) is 12.1 Å². The number of carbonyl (C=O) groups excluding carboxylic acids is 2. The van der Waals surface area contributed by atoms with Gasteiger partial charge < -0.3 is 19.9 Å². The second kappa shape index (κ2) is 8.69. The Morgan fingerprint density at radius 1 is 1.35 bits per heavy atom. The highest BCUT2D eigenvalue weighted by Gasteiger charge is 2.22. The van der Waals surface area contributed by atoms with E-state index in [1.54, 1.807) is 4.90 Å². The first-order chi connectivity index (χ1) is 10.5. The normalized spacial score (nSPS) is 14.0. The van der Waals surface area contributed by atoms with Crippen molar-refractivity contribution in [3.05, 3.63) is 29.6 Å². The summed E-state index contributed by atoms with van der Waals surface area (Å²) in [7, 11) is 2.92. The minimum atomic E-state index is -0.661. The summed E-state index contributed by atoms with van der Waals surface area (Å²) in [6.45, 7) is 2.67. The molecule has 1 aromatic carbocycles. The van der Waals surface area contributed by atoms with Crippen LogP contribution in [0.5, 0.6) is 5.75 Å². The van der Waals surface area contributed by atoms with Gasteiger partial charge in [0.1, 0.15) is 11.6 Å². The zero-order chi connectivity index (χ0) is 16.1. The monoisotopic (exact) mass is 345 g/mol. The van der Waals surface area contributed by atoms with Gasteiger partial charge in [0.2, 0.25) is 5.91 Å². The zero-order valence-corrected chi connectivity index (χ0v) is 14.0. The van der Waals surface area contributed by atoms with Gasteiger partial charge >= 0.3 is 0 Å². The van der Waals surface area contributed by atoms with E-state index in [-0.39, 0.29) is 30.4 Å². The van der Waals surface area contributed by atoms with Crippen molar-refractivity contribution in [2.45, 2.75) is 0 Å². The second-order valence-corrected chi connectivity index (χ2v) is 5.14. The maximum Gasteiger partial charge on any atom is 0.257 e. The third-order valence-corrected chi connectivity index (χ3v) is 3.60. The molecule has 0 saturated carbocycles. The molecule has 1 aromatic rings. The predicted octanol–water partition coefficient (Wildman–Crippen LogP) is 0.760. The summed E-state index contributed by atoms with van der Waals surface area (Å²) >= 11 is 0. The highest BCUT2D eigenvalue weighted by molar-refractivity contribution is 5.96. The van der Waals surface area contributed by atoms with Crippen LogP contribution in [-0.2, 0) is 4.79 Å². The Labute approximate surface area is 141 Å². The largest absolute Gasteiger partial charge is 0.497 e. The third kappa shape index (κ3) is 4.80. The molecule has 2 amide bonds. The number of hydrogen-bond donors (Lipinski definition) is 1. The standard InChI is InChI=1S/C15H20FN3O3.ClH/c1-18(10-14(20)19-7-5-17-6-8-19)15(21)12-4-3-11(22-2)9-13(12)16;/h3-4,9,17H,5-8,10H2,1-2H3;1H. The maximum atomic E-state index is 13.9. The molecular formula is C15H21ClFN3O3.